The van der Waals surface area contributed by atoms with E-state index in [1.165, 1.54) is 40.6 Å². The zero-order valence-corrected chi connectivity index (χ0v) is 12.5. The second-order valence-electron chi connectivity index (χ2n) is 4.95. The molecule has 102 valence electrons. The van der Waals surface area contributed by atoms with Crippen molar-refractivity contribution in [2.75, 3.05) is 7.05 Å². The minimum absolute atomic E-state index is 0.501. The van der Waals surface area contributed by atoms with Crippen LogP contribution >= 0.6 is 11.3 Å². The number of nitrogens with one attached hydrogen (secondary N) is 1. The van der Waals surface area contributed by atoms with E-state index >= 15 is 0 Å². The van der Waals surface area contributed by atoms with Gasteiger partial charge in [0.05, 0.1) is 0 Å². The van der Waals surface area contributed by atoms with Crippen LogP contribution in [0, 0.1) is 0 Å². The van der Waals surface area contributed by atoms with Gasteiger partial charge < -0.3 is 5.32 Å². The molecular formula is C17H23NS. The molecule has 0 amide bonds. The second-order valence-corrected chi connectivity index (χ2v) is 6.07. The molecule has 2 heteroatoms. The van der Waals surface area contributed by atoms with Crippen molar-refractivity contribution in [2.24, 2.45) is 0 Å². The smallest absolute Gasteiger partial charge is 0.0412 e. The molecule has 0 radical (unpaired) electrons. The molecule has 1 aromatic carbocycles. The van der Waals surface area contributed by atoms with Crippen LogP contribution < -0.4 is 5.32 Å². The van der Waals surface area contributed by atoms with Crippen molar-refractivity contribution >= 4 is 21.4 Å². The van der Waals surface area contributed by atoms with Crippen LogP contribution in [-0.2, 0) is 0 Å². The Kier molecular flexibility index (Phi) is 5.62. The summed E-state index contributed by atoms with van der Waals surface area (Å²) >= 11 is 1.92. The molecule has 1 unspecified atom stereocenters. The number of hydrogen-bond acceptors (Lipinski definition) is 2. The van der Waals surface area contributed by atoms with Crippen molar-refractivity contribution in [3.05, 3.63) is 47.9 Å². The molecular weight excluding hydrogens is 250 g/mol. The second kappa shape index (κ2) is 7.46. The summed E-state index contributed by atoms with van der Waals surface area (Å²) in [7, 11) is 2.07. The molecule has 1 nitrogen and oxygen atoms in total. The highest BCUT2D eigenvalue weighted by molar-refractivity contribution is 7.19. The fourth-order valence-electron chi connectivity index (χ4n) is 2.42. The van der Waals surface area contributed by atoms with Gasteiger partial charge in [0.2, 0.25) is 0 Å². The third kappa shape index (κ3) is 3.92. The van der Waals surface area contributed by atoms with E-state index in [0.717, 1.165) is 6.42 Å². The number of thiophene rings is 1. The molecule has 0 fully saturated rings. The molecule has 0 aliphatic rings. The summed E-state index contributed by atoms with van der Waals surface area (Å²) in [6.45, 7) is 3.77. The lowest BCUT2D eigenvalue weighted by Gasteiger charge is -2.13. The first-order valence-corrected chi connectivity index (χ1v) is 7.93. The predicted octanol–water partition coefficient (Wildman–Crippen LogP) is 5.30. The molecule has 19 heavy (non-hydrogen) atoms. The number of rotatable bonds is 8. The van der Waals surface area contributed by atoms with Crippen molar-refractivity contribution in [3.63, 3.8) is 0 Å². The van der Waals surface area contributed by atoms with Gasteiger partial charge in [0.15, 0.2) is 0 Å². The van der Waals surface area contributed by atoms with Crippen LogP contribution in [0.15, 0.2) is 43.0 Å². The Morgan fingerprint density at radius 1 is 1.26 bits per heavy atom. The third-order valence-electron chi connectivity index (χ3n) is 3.54. The molecule has 0 saturated heterocycles. The molecule has 2 rings (SSSR count). The Morgan fingerprint density at radius 2 is 2.11 bits per heavy atom. The first-order valence-electron chi connectivity index (χ1n) is 7.12. The van der Waals surface area contributed by atoms with Gasteiger partial charge in [-0.25, -0.2) is 0 Å². The predicted molar refractivity (Wildman–Crippen MR) is 86.9 cm³/mol. The fraction of sp³-hybridized carbons (Fsp3) is 0.412. The molecule has 1 atom stereocenters. The van der Waals surface area contributed by atoms with Crippen LogP contribution in [0.4, 0.5) is 0 Å². The van der Waals surface area contributed by atoms with E-state index in [1.807, 2.05) is 17.4 Å². The Balaban J connectivity index is 1.94. The molecule has 1 N–H and O–H groups in total. The summed E-state index contributed by atoms with van der Waals surface area (Å²) in [5, 5.41) is 4.83. The highest BCUT2D eigenvalue weighted by atomic mass is 32.1. The minimum atomic E-state index is 0.501. The zero-order chi connectivity index (χ0) is 13.5. The lowest BCUT2D eigenvalue weighted by Crippen LogP contribution is -2.14. The molecule has 0 bridgehead atoms. The lowest BCUT2D eigenvalue weighted by atomic mass is 10.1. The monoisotopic (exact) mass is 273 g/mol. The highest BCUT2D eigenvalue weighted by Gasteiger charge is 2.11. The van der Waals surface area contributed by atoms with Gasteiger partial charge in [-0.15, -0.1) is 17.9 Å². The number of unbranched alkanes of at least 4 members (excludes halogenated alkanes) is 3. The average Bonchev–Trinajstić information content (AvgIpc) is 2.86. The Hall–Kier alpha value is -1.12. The van der Waals surface area contributed by atoms with Gasteiger partial charge in [0, 0.05) is 15.6 Å². The zero-order valence-electron chi connectivity index (χ0n) is 11.7. The summed E-state index contributed by atoms with van der Waals surface area (Å²) in [5.41, 5.74) is 0. The number of fused-ring (bicyclic) bond motifs is 1. The average molecular weight is 273 g/mol. The Bertz CT molecular complexity index is 482. The number of benzene rings is 1. The van der Waals surface area contributed by atoms with E-state index in [2.05, 4.69) is 49.3 Å². The van der Waals surface area contributed by atoms with Crippen LogP contribution in [0.5, 0.6) is 0 Å². The van der Waals surface area contributed by atoms with Gasteiger partial charge in [-0.2, -0.15) is 0 Å². The van der Waals surface area contributed by atoms with Crippen molar-refractivity contribution in [3.8, 4) is 0 Å². The van der Waals surface area contributed by atoms with E-state index in [-0.39, 0.29) is 0 Å². The first kappa shape index (κ1) is 14.3. The summed E-state index contributed by atoms with van der Waals surface area (Å²) in [6, 6.07) is 11.5. The molecule has 0 saturated carbocycles. The third-order valence-corrected chi connectivity index (χ3v) is 4.77. The van der Waals surface area contributed by atoms with Crippen molar-refractivity contribution < 1.29 is 0 Å². The topological polar surface area (TPSA) is 12.0 Å². The van der Waals surface area contributed by atoms with E-state index < -0.39 is 0 Å². The maximum Gasteiger partial charge on any atom is 0.0412 e. The Labute approximate surface area is 120 Å². The fourth-order valence-corrected chi connectivity index (χ4v) is 3.63. The van der Waals surface area contributed by atoms with Gasteiger partial charge in [0.1, 0.15) is 0 Å². The van der Waals surface area contributed by atoms with E-state index in [4.69, 9.17) is 0 Å². The summed E-state index contributed by atoms with van der Waals surface area (Å²) in [4.78, 5) is 1.47. The van der Waals surface area contributed by atoms with E-state index in [1.54, 1.807) is 0 Å². The molecule has 0 spiro atoms. The van der Waals surface area contributed by atoms with Gasteiger partial charge in [-0.05, 0) is 43.8 Å². The van der Waals surface area contributed by atoms with Crippen LogP contribution in [0.25, 0.3) is 10.1 Å². The number of allylic oxidation sites excluding steroid dienone is 1. The van der Waals surface area contributed by atoms with Crippen LogP contribution in [0.3, 0.4) is 0 Å². The molecule has 2 aromatic rings. The quantitative estimate of drug-likeness (QED) is 0.508. The molecule has 1 heterocycles. The SMILES string of the molecule is C=CCCCCCC(NC)c1cc2ccccc2s1. The highest BCUT2D eigenvalue weighted by Crippen LogP contribution is 2.31. The van der Waals surface area contributed by atoms with Crippen molar-refractivity contribution in [1.82, 2.24) is 5.32 Å². The lowest BCUT2D eigenvalue weighted by molar-refractivity contribution is 0.514. The molecule has 0 aliphatic carbocycles. The summed E-state index contributed by atoms with van der Waals surface area (Å²) in [5.74, 6) is 0. The first-order chi connectivity index (χ1) is 9.35. The van der Waals surface area contributed by atoms with Crippen molar-refractivity contribution in [1.29, 1.82) is 0 Å². The normalized spacial score (nSPS) is 12.7. The Morgan fingerprint density at radius 3 is 2.84 bits per heavy atom. The van der Waals surface area contributed by atoms with Crippen LogP contribution in [0.2, 0.25) is 0 Å². The summed E-state index contributed by atoms with van der Waals surface area (Å²) in [6.07, 6.45) is 8.24. The van der Waals surface area contributed by atoms with Gasteiger partial charge in [-0.3, -0.25) is 0 Å². The van der Waals surface area contributed by atoms with Gasteiger partial charge in [-0.1, -0.05) is 37.1 Å². The van der Waals surface area contributed by atoms with Gasteiger partial charge >= 0.3 is 0 Å². The maximum absolute atomic E-state index is 3.77. The largest absolute Gasteiger partial charge is 0.312 e. The van der Waals surface area contributed by atoms with Crippen molar-refractivity contribution in [2.45, 2.75) is 38.1 Å². The summed E-state index contributed by atoms with van der Waals surface area (Å²) < 4.78 is 1.39. The maximum atomic E-state index is 3.77. The standard InChI is InChI=1S/C17H23NS/c1-3-4-5-6-7-11-15(18-2)17-13-14-10-8-9-12-16(14)19-17/h3,8-10,12-13,15,18H,1,4-7,11H2,2H3. The number of hydrogen-bond donors (Lipinski definition) is 1. The van der Waals surface area contributed by atoms with Crippen LogP contribution in [0.1, 0.15) is 43.0 Å². The molecule has 0 aliphatic heterocycles. The minimum Gasteiger partial charge on any atom is -0.312 e. The molecule has 1 aromatic heterocycles. The van der Waals surface area contributed by atoms with E-state index in [9.17, 15) is 0 Å². The van der Waals surface area contributed by atoms with Gasteiger partial charge in [0.25, 0.3) is 0 Å². The van der Waals surface area contributed by atoms with Crippen LogP contribution in [-0.4, -0.2) is 7.05 Å². The van der Waals surface area contributed by atoms with E-state index in [0.29, 0.717) is 6.04 Å².